The number of hydrogen-bond acceptors (Lipinski definition) is 3. The molecule has 0 fully saturated rings. The van der Waals surface area contributed by atoms with Crippen LogP contribution in [-0.2, 0) is 12.8 Å². The Kier molecular flexibility index (Phi) is 6.01. The Morgan fingerprint density at radius 1 is 1.04 bits per heavy atom. The molecule has 0 saturated heterocycles. The van der Waals surface area contributed by atoms with E-state index in [9.17, 15) is 0 Å². The summed E-state index contributed by atoms with van der Waals surface area (Å²) < 4.78 is 0. The van der Waals surface area contributed by atoms with Gasteiger partial charge in [-0.2, -0.15) is 0 Å². The lowest BCUT2D eigenvalue weighted by atomic mass is 10.0. The topological polar surface area (TPSA) is 49.3 Å². The van der Waals surface area contributed by atoms with Crippen LogP contribution in [0.4, 0.5) is 0 Å². The molecule has 0 spiro atoms. The van der Waals surface area contributed by atoms with E-state index in [1.807, 2.05) is 6.20 Å². The van der Waals surface area contributed by atoms with E-state index >= 15 is 0 Å². The molecule has 1 heterocycles. The predicted octanol–water partition coefficient (Wildman–Crippen LogP) is 3.55. The minimum Gasteiger partial charge on any atom is -0.356 e. The number of aryl methyl sites for hydroxylation is 1. The van der Waals surface area contributed by atoms with Gasteiger partial charge in [0.2, 0.25) is 0 Å². The highest BCUT2D eigenvalue weighted by molar-refractivity contribution is 7.11. The first-order chi connectivity index (χ1) is 12.3. The summed E-state index contributed by atoms with van der Waals surface area (Å²) in [5.74, 6) is 0.841. The van der Waals surface area contributed by atoms with Crippen molar-refractivity contribution in [2.24, 2.45) is 4.99 Å². The molecule has 0 amide bonds. The minimum atomic E-state index is 0.834. The third-order valence-electron chi connectivity index (χ3n) is 4.09. The number of hydrogen-bond donors (Lipinski definition) is 2. The highest BCUT2D eigenvalue weighted by atomic mass is 32.1. The first-order valence-corrected chi connectivity index (χ1v) is 9.40. The zero-order valence-corrected chi connectivity index (χ0v) is 15.6. The number of benzene rings is 2. The van der Waals surface area contributed by atoms with E-state index in [4.69, 9.17) is 0 Å². The molecule has 2 N–H and O–H groups in total. The van der Waals surface area contributed by atoms with Crippen LogP contribution in [0.15, 0.2) is 53.7 Å². The van der Waals surface area contributed by atoms with Crippen LogP contribution in [0, 0.1) is 6.92 Å². The highest BCUT2D eigenvalue weighted by Gasteiger charge is 2.03. The van der Waals surface area contributed by atoms with E-state index in [2.05, 4.69) is 70.0 Å². The molecule has 0 aliphatic rings. The van der Waals surface area contributed by atoms with E-state index in [-0.39, 0.29) is 0 Å². The first kappa shape index (κ1) is 17.4. The van der Waals surface area contributed by atoms with Crippen molar-refractivity contribution in [3.8, 4) is 0 Å². The second-order valence-corrected chi connectivity index (χ2v) is 7.25. The number of aromatic nitrogens is 1. The standard InChI is InChI=1S/C20H24N4S/c1-15-14-24-19(25-15)11-13-23-20(21-2)22-12-10-17-8-5-7-16-6-3-4-9-18(16)17/h3-9,14H,10-13H2,1-2H3,(H2,21,22,23). The normalized spacial score (nSPS) is 11.7. The molecule has 3 aromatic rings. The SMILES string of the molecule is CN=C(NCCc1ncc(C)s1)NCCc1cccc2ccccc12. The van der Waals surface area contributed by atoms with Gasteiger partial charge in [0.05, 0.1) is 5.01 Å². The van der Waals surface area contributed by atoms with Gasteiger partial charge >= 0.3 is 0 Å². The van der Waals surface area contributed by atoms with Crippen LogP contribution in [0.1, 0.15) is 15.4 Å². The van der Waals surface area contributed by atoms with E-state index in [0.717, 1.165) is 36.9 Å². The molecule has 3 rings (SSSR count). The number of thiazole rings is 1. The number of rotatable bonds is 6. The van der Waals surface area contributed by atoms with E-state index in [1.54, 1.807) is 18.4 Å². The van der Waals surface area contributed by atoms with Crippen molar-refractivity contribution in [1.82, 2.24) is 15.6 Å². The molecule has 130 valence electrons. The third-order valence-corrected chi connectivity index (χ3v) is 5.06. The fourth-order valence-corrected chi connectivity index (χ4v) is 3.64. The van der Waals surface area contributed by atoms with Gasteiger partial charge in [-0.25, -0.2) is 4.98 Å². The van der Waals surface area contributed by atoms with Crippen molar-refractivity contribution in [1.29, 1.82) is 0 Å². The fourth-order valence-electron chi connectivity index (χ4n) is 2.85. The van der Waals surface area contributed by atoms with E-state index in [1.165, 1.54) is 21.2 Å². The lowest BCUT2D eigenvalue weighted by Gasteiger charge is -2.12. The molecule has 0 atom stereocenters. The molecular formula is C20H24N4S. The van der Waals surface area contributed by atoms with Crippen LogP contribution in [0.25, 0.3) is 10.8 Å². The van der Waals surface area contributed by atoms with Crippen LogP contribution in [0.3, 0.4) is 0 Å². The molecule has 1 aromatic heterocycles. The number of nitrogens with zero attached hydrogens (tertiary/aromatic N) is 2. The lowest BCUT2D eigenvalue weighted by Crippen LogP contribution is -2.39. The van der Waals surface area contributed by atoms with Crippen molar-refractivity contribution >= 4 is 28.1 Å². The summed E-state index contributed by atoms with van der Waals surface area (Å²) in [7, 11) is 1.81. The summed E-state index contributed by atoms with van der Waals surface area (Å²) in [6.07, 6.45) is 3.81. The monoisotopic (exact) mass is 352 g/mol. The van der Waals surface area contributed by atoms with Gasteiger partial charge < -0.3 is 10.6 Å². The number of fused-ring (bicyclic) bond motifs is 1. The van der Waals surface area contributed by atoms with Crippen LogP contribution in [0.2, 0.25) is 0 Å². The Morgan fingerprint density at radius 2 is 1.80 bits per heavy atom. The molecular weight excluding hydrogens is 328 g/mol. The number of aliphatic imine (C=N–C) groups is 1. The van der Waals surface area contributed by atoms with E-state index < -0.39 is 0 Å². The summed E-state index contributed by atoms with van der Waals surface area (Å²) in [6, 6.07) is 15.0. The number of guanidine groups is 1. The average molecular weight is 353 g/mol. The van der Waals surface area contributed by atoms with Crippen molar-refractivity contribution < 1.29 is 0 Å². The molecule has 2 aromatic carbocycles. The molecule has 25 heavy (non-hydrogen) atoms. The van der Waals surface area contributed by atoms with Crippen LogP contribution in [0.5, 0.6) is 0 Å². The molecule has 0 radical (unpaired) electrons. The molecule has 4 nitrogen and oxygen atoms in total. The Labute approximate surface area is 153 Å². The van der Waals surface area contributed by atoms with Gasteiger partial charge in [-0.1, -0.05) is 42.5 Å². The summed E-state index contributed by atoms with van der Waals surface area (Å²) in [5.41, 5.74) is 1.36. The fraction of sp³-hybridized carbons (Fsp3) is 0.300. The van der Waals surface area contributed by atoms with E-state index in [0.29, 0.717) is 0 Å². The van der Waals surface area contributed by atoms with Crippen LogP contribution < -0.4 is 10.6 Å². The lowest BCUT2D eigenvalue weighted by molar-refractivity contribution is 0.783. The van der Waals surface area contributed by atoms with Gasteiger partial charge in [0.1, 0.15) is 0 Å². The molecule has 0 aliphatic carbocycles. The largest absolute Gasteiger partial charge is 0.356 e. The van der Waals surface area contributed by atoms with Crippen molar-refractivity contribution in [2.45, 2.75) is 19.8 Å². The molecule has 0 unspecified atom stereocenters. The Morgan fingerprint density at radius 3 is 2.56 bits per heavy atom. The Bertz CT molecular complexity index is 848. The maximum Gasteiger partial charge on any atom is 0.191 e. The van der Waals surface area contributed by atoms with Crippen molar-refractivity contribution in [3.05, 3.63) is 64.1 Å². The smallest absolute Gasteiger partial charge is 0.191 e. The number of nitrogens with one attached hydrogen (secondary N) is 2. The second-order valence-electron chi connectivity index (χ2n) is 5.93. The van der Waals surface area contributed by atoms with Gasteiger partial charge in [-0.05, 0) is 29.7 Å². The zero-order chi connectivity index (χ0) is 17.5. The molecule has 0 saturated carbocycles. The second kappa shape index (κ2) is 8.62. The van der Waals surface area contributed by atoms with Crippen LogP contribution >= 0.6 is 11.3 Å². The third kappa shape index (κ3) is 4.79. The minimum absolute atomic E-state index is 0.834. The average Bonchev–Trinajstić information content (AvgIpc) is 3.05. The Hall–Kier alpha value is -2.40. The van der Waals surface area contributed by atoms with Gasteiger partial charge in [-0.3, -0.25) is 4.99 Å². The van der Waals surface area contributed by atoms with Gasteiger partial charge in [-0.15, -0.1) is 11.3 Å². The summed E-state index contributed by atoms with van der Waals surface area (Å²) >= 11 is 1.75. The summed E-state index contributed by atoms with van der Waals surface area (Å²) in [5, 5.41) is 10.5. The zero-order valence-electron chi connectivity index (χ0n) is 14.7. The predicted molar refractivity (Wildman–Crippen MR) is 108 cm³/mol. The summed E-state index contributed by atoms with van der Waals surface area (Å²) in [6.45, 7) is 3.77. The molecule has 0 bridgehead atoms. The summed E-state index contributed by atoms with van der Waals surface area (Å²) in [4.78, 5) is 9.94. The van der Waals surface area contributed by atoms with Crippen molar-refractivity contribution in [2.75, 3.05) is 20.1 Å². The maximum absolute atomic E-state index is 4.39. The Balaban J connectivity index is 1.48. The van der Waals surface area contributed by atoms with Gasteiger partial charge in [0.15, 0.2) is 5.96 Å². The van der Waals surface area contributed by atoms with Gasteiger partial charge in [0.25, 0.3) is 0 Å². The molecule has 5 heteroatoms. The molecule has 0 aliphatic heterocycles. The van der Waals surface area contributed by atoms with Gasteiger partial charge in [0, 0.05) is 37.6 Å². The van der Waals surface area contributed by atoms with Crippen molar-refractivity contribution in [3.63, 3.8) is 0 Å². The quantitative estimate of drug-likeness (QED) is 0.527. The maximum atomic E-state index is 4.39. The first-order valence-electron chi connectivity index (χ1n) is 8.59. The highest BCUT2D eigenvalue weighted by Crippen LogP contribution is 2.18. The van der Waals surface area contributed by atoms with Crippen LogP contribution in [-0.4, -0.2) is 31.1 Å².